The smallest absolute Gasteiger partial charge is 0.136 e. The van der Waals surface area contributed by atoms with Crippen molar-refractivity contribution in [3.8, 4) is 0 Å². The lowest BCUT2D eigenvalue weighted by Gasteiger charge is -2.20. The van der Waals surface area contributed by atoms with Gasteiger partial charge in [0, 0.05) is 13.1 Å². The number of thiocarbonyl (C=S) groups is 1. The number of hydrogen-bond donors (Lipinski definition) is 0. The second kappa shape index (κ2) is 6.09. The van der Waals surface area contributed by atoms with Gasteiger partial charge in [-0.2, -0.15) is 0 Å². The zero-order valence-electron chi connectivity index (χ0n) is 8.53. The Balaban J connectivity index is 2.34. The van der Waals surface area contributed by atoms with Gasteiger partial charge in [0.2, 0.25) is 0 Å². The van der Waals surface area contributed by atoms with Gasteiger partial charge in [-0.05, 0) is 26.0 Å². The van der Waals surface area contributed by atoms with Gasteiger partial charge < -0.3 is 9.32 Å². The average molecular weight is 229 g/mol. The van der Waals surface area contributed by atoms with Gasteiger partial charge in [-0.15, -0.1) is 0 Å². The number of rotatable bonds is 4. The van der Waals surface area contributed by atoms with Crippen molar-refractivity contribution in [1.29, 1.82) is 0 Å². The van der Waals surface area contributed by atoms with Crippen LogP contribution in [0.2, 0.25) is 0 Å². The summed E-state index contributed by atoms with van der Waals surface area (Å²) in [6, 6.07) is 3.87. The van der Waals surface area contributed by atoms with Gasteiger partial charge in [0.15, 0.2) is 0 Å². The van der Waals surface area contributed by atoms with Gasteiger partial charge in [-0.3, -0.25) is 0 Å². The van der Waals surface area contributed by atoms with Crippen LogP contribution in [0.15, 0.2) is 22.8 Å². The van der Waals surface area contributed by atoms with Crippen LogP contribution in [0.1, 0.15) is 19.6 Å². The molecule has 0 spiro atoms. The fourth-order valence-corrected chi connectivity index (χ4v) is 2.41. The highest BCUT2D eigenvalue weighted by Crippen LogP contribution is 2.16. The zero-order valence-corrected chi connectivity index (χ0v) is 10.2. The zero-order chi connectivity index (χ0) is 10.4. The van der Waals surface area contributed by atoms with Crippen LogP contribution in [0.4, 0.5) is 0 Å². The molecule has 0 saturated carbocycles. The van der Waals surface area contributed by atoms with E-state index in [1.54, 1.807) is 18.0 Å². The summed E-state index contributed by atoms with van der Waals surface area (Å²) in [6.07, 6.45) is 1.69. The number of thioether (sulfide) groups is 1. The molecule has 1 aromatic rings. The molecular weight excluding hydrogens is 214 g/mol. The molecule has 0 unspecified atom stereocenters. The van der Waals surface area contributed by atoms with E-state index in [1.165, 1.54) is 0 Å². The summed E-state index contributed by atoms with van der Waals surface area (Å²) in [6.45, 7) is 6.17. The maximum Gasteiger partial charge on any atom is 0.136 e. The van der Waals surface area contributed by atoms with Crippen molar-refractivity contribution in [2.45, 2.75) is 19.6 Å². The summed E-state index contributed by atoms with van der Waals surface area (Å²) < 4.78 is 6.18. The SMILES string of the molecule is CCN(CC)C(=S)SCc1ccco1. The van der Waals surface area contributed by atoms with E-state index in [4.69, 9.17) is 16.6 Å². The Labute approximate surface area is 94.7 Å². The van der Waals surface area contributed by atoms with Crippen molar-refractivity contribution in [1.82, 2.24) is 4.90 Å². The minimum absolute atomic E-state index is 0.822. The minimum atomic E-state index is 0.822. The molecule has 1 rings (SSSR count). The third kappa shape index (κ3) is 3.35. The maximum atomic E-state index is 5.29. The Bertz CT molecular complexity index is 268. The predicted octanol–water partition coefficient (Wildman–Crippen LogP) is 3.14. The van der Waals surface area contributed by atoms with E-state index in [9.17, 15) is 0 Å². The lowest BCUT2D eigenvalue weighted by Crippen LogP contribution is -2.26. The fraction of sp³-hybridized carbons (Fsp3) is 0.500. The first-order valence-corrected chi connectivity index (χ1v) is 6.11. The van der Waals surface area contributed by atoms with Crippen molar-refractivity contribution in [3.05, 3.63) is 24.2 Å². The molecule has 1 aromatic heterocycles. The van der Waals surface area contributed by atoms with Crippen molar-refractivity contribution in [2.75, 3.05) is 13.1 Å². The van der Waals surface area contributed by atoms with Crippen LogP contribution in [-0.4, -0.2) is 22.3 Å². The Kier molecular flexibility index (Phi) is 5.04. The Morgan fingerprint density at radius 2 is 2.21 bits per heavy atom. The topological polar surface area (TPSA) is 16.4 Å². The van der Waals surface area contributed by atoms with Gasteiger partial charge in [-0.25, -0.2) is 0 Å². The Morgan fingerprint density at radius 3 is 2.71 bits per heavy atom. The first-order valence-electron chi connectivity index (χ1n) is 4.72. The molecule has 0 bridgehead atoms. The van der Waals surface area contributed by atoms with Gasteiger partial charge in [0.1, 0.15) is 10.1 Å². The van der Waals surface area contributed by atoms with Gasteiger partial charge in [-0.1, -0.05) is 24.0 Å². The Morgan fingerprint density at radius 1 is 1.50 bits per heavy atom. The molecule has 0 amide bonds. The second-order valence-corrected chi connectivity index (χ2v) is 4.42. The lowest BCUT2D eigenvalue weighted by molar-refractivity contribution is 0.482. The van der Waals surface area contributed by atoms with Crippen LogP contribution in [0.5, 0.6) is 0 Å². The molecule has 0 aliphatic rings. The average Bonchev–Trinajstić information content (AvgIpc) is 2.69. The van der Waals surface area contributed by atoms with E-state index in [2.05, 4.69) is 18.7 Å². The molecule has 0 aliphatic carbocycles. The molecule has 0 aromatic carbocycles. The summed E-state index contributed by atoms with van der Waals surface area (Å²) in [5.74, 6) is 1.80. The molecule has 4 heteroatoms. The van der Waals surface area contributed by atoms with Crippen LogP contribution in [-0.2, 0) is 5.75 Å². The monoisotopic (exact) mass is 229 g/mol. The molecule has 14 heavy (non-hydrogen) atoms. The lowest BCUT2D eigenvalue weighted by atomic mass is 10.5. The first kappa shape index (κ1) is 11.6. The predicted molar refractivity (Wildman–Crippen MR) is 65.5 cm³/mol. The molecule has 2 nitrogen and oxygen atoms in total. The van der Waals surface area contributed by atoms with Crippen LogP contribution in [0.25, 0.3) is 0 Å². The minimum Gasteiger partial charge on any atom is -0.468 e. The molecule has 0 N–H and O–H groups in total. The van der Waals surface area contributed by atoms with Crippen molar-refractivity contribution < 1.29 is 4.42 Å². The molecule has 0 aliphatic heterocycles. The van der Waals surface area contributed by atoms with E-state index in [1.807, 2.05) is 12.1 Å². The van der Waals surface area contributed by atoms with Gasteiger partial charge in [0.05, 0.1) is 12.0 Å². The molecule has 0 radical (unpaired) electrons. The normalized spacial score (nSPS) is 10.1. The van der Waals surface area contributed by atoms with Crippen LogP contribution in [0, 0.1) is 0 Å². The van der Waals surface area contributed by atoms with Crippen molar-refractivity contribution in [3.63, 3.8) is 0 Å². The quantitative estimate of drug-likeness (QED) is 0.737. The van der Waals surface area contributed by atoms with Crippen LogP contribution < -0.4 is 0 Å². The highest BCUT2D eigenvalue weighted by Gasteiger charge is 2.06. The van der Waals surface area contributed by atoms with Crippen molar-refractivity contribution in [2.24, 2.45) is 0 Å². The summed E-state index contributed by atoms with van der Waals surface area (Å²) in [5, 5.41) is 0. The molecule has 1 heterocycles. The molecule has 0 atom stereocenters. The standard InChI is InChI=1S/C10H15NOS2/c1-3-11(4-2)10(13)14-8-9-6-5-7-12-9/h5-7H,3-4,8H2,1-2H3. The highest BCUT2D eigenvalue weighted by molar-refractivity contribution is 8.22. The highest BCUT2D eigenvalue weighted by atomic mass is 32.2. The Hall–Kier alpha value is -0.480. The summed E-state index contributed by atoms with van der Waals surface area (Å²) in [7, 11) is 0. The van der Waals surface area contributed by atoms with Crippen molar-refractivity contribution >= 4 is 28.3 Å². The number of hydrogen-bond acceptors (Lipinski definition) is 3. The summed E-state index contributed by atoms with van der Waals surface area (Å²) >= 11 is 6.95. The van der Waals surface area contributed by atoms with E-state index < -0.39 is 0 Å². The molecule has 0 saturated heterocycles. The van der Waals surface area contributed by atoms with Crippen LogP contribution >= 0.6 is 24.0 Å². The van der Waals surface area contributed by atoms with Crippen LogP contribution in [0.3, 0.4) is 0 Å². The maximum absolute atomic E-state index is 5.29. The van der Waals surface area contributed by atoms with Gasteiger partial charge in [0.25, 0.3) is 0 Å². The first-order chi connectivity index (χ1) is 6.77. The third-order valence-corrected chi connectivity index (χ3v) is 3.49. The molecule has 0 fully saturated rings. The number of furan rings is 1. The molecular formula is C10H15NOS2. The second-order valence-electron chi connectivity index (χ2n) is 2.81. The summed E-state index contributed by atoms with van der Waals surface area (Å²) in [4.78, 5) is 2.17. The third-order valence-electron chi connectivity index (χ3n) is 1.94. The fourth-order valence-electron chi connectivity index (χ4n) is 1.10. The van der Waals surface area contributed by atoms with E-state index in [0.29, 0.717) is 0 Å². The van der Waals surface area contributed by atoms with E-state index in [-0.39, 0.29) is 0 Å². The van der Waals surface area contributed by atoms with Gasteiger partial charge >= 0.3 is 0 Å². The summed E-state index contributed by atoms with van der Waals surface area (Å²) in [5.41, 5.74) is 0. The largest absolute Gasteiger partial charge is 0.468 e. The van der Waals surface area contributed by atoms with E-state index >= 15 is 0 Å². The van der Waals surface area contributed by atoms with E-state index in [0.717, 1.165) is 28.9 Å². The number of nitrogens with zero attached hydrogens (tertiary/aromatic N) is 1. The molecule has 78 valence electrons.